The van der Waals surface area contributed by atoms with E-state index in [0.717, 1.165) is 38.0 Å². The van der Waals surface area contributed by atoms with Gasteiger partial charge >= 0.3 is 0 Å². The van der Waals surface area contributed by atoms with E-state index < -0.39 is 0 Å². The monoisotopic (exact) mass is 321 g/mol. The molecule has 1 amide bonds. The Balaban J connectivity index is 1.55. The van der Waals surface area contributed by atoms with E-state index in [9.17, 15) is 4.79 Å². The van der Waals surface area contributed by atoms with Crippen molar-refractivity contribution in [3.8, 4) is 0 Å². The summed E-state index contributed by atoms with van der Waals surface area (Å²) in [6, 6.07) is 1.87. The third kappa shape index (κ3) is 3.15. The van der Waals surface area contributed by atoms with Crippen LogP contribution in [0.3, 0.4) is 0 Å². The quantitative estimate of drug-likeness (QED) is 0.776. The SMILES string of the molecule is COCCOC1CCC12CCN(C(=O)c1cc(C)n(C)n1)CC2. The summed E-state index contributed by atoms with van der Waals surface area (Å²) < 4.78 is 12.8. The fourth-order valence-corrected chi connectivity index (χ4v) is 3.76. The van der Waals surface area contributed by atoms with Gasteiger partial charge in [-0.05, 0) is 38.7 Å². The van der Waals surface area contributed by atoms with Gasteiger partial charge in [0.2, 0.25) is 0 Å². The fourth-order valence-electron chi connectivity index (χ4n) is 3.76. The molecule has 1 saturated carbocycles. The van der Waals surface area contributed by atoms with Gasteiger partial charge in [0.15, 0.2) is 5.69 Å². The average Bonchev–Trinajstić information content (AvgIpc) is 2.89. The number of carbonyl (C=O) groups is 1. The van der Waals surface area contributed by atoms with Gasteiger partial charge in [0.05, 0.1) is 19.3 Å². The normalized spacial score (nSPS) is 23.1. The van der Waals surface area contributed by atoms with Crippen molar-refractivity contribution in [3.05, 3.63) is 17.5 Å². The van der Waals surface area contributed by atoms with Gasteiger partial charge in [-0.2, -0.15) is 5.10 Å². The second-order valence-electron chi connectivity index (χ2n) is 6.84. The van der Waals surface area contributed by atoms with E-state index in [0.29, 0.717) is 25.0 Å². The Morgan fingerprint density at radius 2 is 2.09 bits per heavy atom. The molecular weight excluding hydrogens is 294 g/mol. The minimum Gasteiger partial charge on any atom is -0.382 e. The molecule has 128 valence electrons. The number of amides is 1. The van der Waals surface area contributed by atoms with Crippen LogP contribution < -0.4 is 0 Å². The van der Waals surface area contributed by atoms with Crippen molar-refractivity contribution >= 4 is 5.91 Å². The zero-order chi connectivity index (χ0) is 16.4. The van der Waals surface area contributed by atoms with Crippen molar-refractivity contribution in [3.63, 3.8) is 0 Å². The third-order valence-corrected chi connectivity index (χ3v) is 5.57. The van der Waals surface area contributed by atoms with Crippen LogP contribution in [-0.4, -0.2) is 60.1 Å². The second kappa shape index (κ2) is 6.61. The summed E-state index contributed by atoms with van der Waals surface area (Å²) in [7, 11) is 3.57. The van der Waals surface area contributed by atoms with E-state index >= 15 is 0 Å². The highest BCUT2D eigenvalue weighted by atomic mass is 16.5. The predicted molar refractivity (Wildman–Crippen MR) is 86.4 cm³/mol. The van der Waals surface area contributed by atoms with Gasteiger partial charge in [0.25, 0.3) is 5.91 Å². The summed E-state index contributed by atoms with van der Waals surface area (Å²) in [5, 5.41) is 4.31. The molecule has 0 bridgehead atoms. The van der Waals surface area contributed by atoms with E-state index in [1.165, 1.54) is 6.42 Å². The molecule has 1 aromatic heterocycles. The lowest BCUT2D eigenvalue weighted by Gasteiger charge is -2.53. The number of ether oxygens (including phenoxy) is 2. The molecule has 2 aliphatic rings. The first-order valence-corrected chi connectivity index (χ1v) is 8.46. The van der Waals surface area contributed by atoms with E-state index in [1.807, 2.05) is 24.9 Å². The molecule has 2 fully saturated rings. The molecule has 1 unspecified atom stereocenters. The van der Waals surface area contributed by atoms with Crippen LogP contribution in [0.15, 0.2) is 6.07 Å². The Morgan fingerprint density at radius 1 is 1.35 bits per heavy atom. The molecule has 1 aliphatic carbocycles. The van der Waals surface area contributed by atoms with Crippen LogP contribution in [0.5, 0.6) is 0 Å². The number of nitrogens with zero attached hydrogens (tertiary/aromatic N) is 3. The molecule has 0 radical (unpaired) electrons. The van der Waals surface area contributed by atoms with Crippen LogP contribution in [0.2, 0.25) is 0 Å². The van der Waals surface area contributed by atoms with Crippen LogP contribution in [-0.2, 0) is 16.5 Å². The standard InChI is InChI=1S/C17H27N3O3/c1-13-12-14(18-19(13)2)16(21)20-8-6-17(7-9-20)5-4-15(17)23-11-10-22-3/h12,15H,4-11H2,1-3H3. The number of hydrogen-bond donors (Lipinski definition) is 0. The topological polar surface area (TPSA) is 56.6 Å². The van der Waals surface area contributed by atoms with Crippen LogP contribution >= 0.6 is 0 Å². The molecule has 1 atom stereocenters. The number of hydrogen-bond acceptors (Lipinski definition) is 4. The van der Waals surface area contributed by atoms with Gasteiger partial charge in [0.1, 0.15) is 0 Å². The summed E-state index contributed by atoms with van der Waals surface area (Å²) in [6.07, 6.45) is 4.75. The van der Waals surface area contributed by atoms with Crippen molar-refractivity contribution < 1.29 is 14.3 Å². The average molecular weight is 321 g/mol. The lowest BCUT2D eigenvalue weighted by molar-refractivity contribution is -0.139. The first-order valence-electron chi connectivity index (χ1n) is 8.46. The highest BCUT2D eigenvalue weighted by molar-refractivity contribution is 5.92. The zero-order valence-corrected chi connectivity index (χ0v) is 14.4. The maximum Gasteiger partial charge on any atom is 0.274 e. The number of likely N-dealkylation sites (tertiary alicyclic amines) is 1. The Kier molecular flexibility index (Phi) is 4.73. The predicted octanol–water partition coefficient (Wildman–Crippen LogP) is 1.78. The summed E-state index contributed by atoms with van der Waals surface area (Å²) in [4.78, 5) is 14.5. The Labute approximate surface area is 137 Å². The van der Waals surface area contributed by atoms with Crippen LogP contribution in [0, 0.1) is 12.3 Å². The van der Waals surface area contributed by atoms with Crippen molar-refractivity contribution in [2.24, 2.45) is 12.5 Å². The Bertz CT molecular complexity index is 542. The second-order valence-corrected chi connectivity index (χ2v) is 6.84. The van der Waals surface area contributed by atoms with E-state index in [1.54, 1.807) is 11.8 Å². The molecule has 23 heavy (non-hydrogen) atoms. The molecule has 6 heteroatoms. The molecule has 1 spiro atoms. The molecule has 6 nitrogen and oxygen atoms in total. The van der Waals surface area contributed by atoms with E-state index in [-0.39, 0.29) is 11.3 Å². The van der Waals surface area contributed by atoms with Gasteiger partial charge in [-0.15, -0.1) is 0 Å². The summed E-state index contributed by atoms with van der Waals surface area (Å²) in [5.41, 5.74) is 1.85. The smallest absolute Gasteiger partial charge is 0.274 e. The number of piperidine rings is 1. The lowest BCUT2D eigenvalue weighted by Crippen LogP contribution is -2.54. The molecule has 0 N–H and O–H groups in total. The largest absolute Gasteiger partial charge is 0.382 e. The molecule has 0 aromatic carbocycles. The molecule has 3 rings (SSSR count). The van der Waals surface area contributed by atoms with Gasteiger partial charge < -0.3 is 14.4 Å². The number of rotatable bonds is 5. The lowest BCUT2D eigenvalue weighted by atomic mass is 9.60. The Hall–Kier alpha value is -1.40. The first-order chi connectivity index (χ1) is 11.1. The fraction of sp³-hybridized carbons (Fsp3) is 0.765. The van der Waals surface area contributed by atoms with Crippen LogP contribution in [0.1, 0.15) is 41.9 Å². The highest BCUT2D eigenvalue weighted by Gasteiger charge is 2.49. The van der Waals surface area contributed by atoms with Crippen LogP contribution in [0.25, 0.3) is 0 Å². The molecule has 1 saturated heterocycles. The van der Waals surface area contributed by atoms with Gasteiger partial charge in [-0.25, -0.2) is 0 Å². The summed E-state index contributed by atoms with van der Waals surface area (Å²) in [5.74, 6) is 0.0553. The number of carbonyl (C=O) groups excluding carboxylic acids is 1. The minimum absolute atomic E-state index is 0.0553. The van der Waals surface area contributed by atoms with Crippen molar-refractivity contribution in [2.75, 3.05) is 33.4 Å². The third-order valence-electron chi connectivity index (χ3n) is 5.57. The number of methoxy groups -OCH3 is 1. The van der Waals surface area contributed by atoms with E-state index in [4.69, 9.17) is 9.47 Å². The van der Waals surface area contributed by atoms with Crippen molar-refractivity contribution in [1.82, 2.24) is 14.7 Å². The van der Waals surface area contributed by atoms with Crippen molar-refractivity contribution in [1.29, 1.82) is 0 Å². The zero-order valence-electron chi connectivity index (χ0n) is 14.4. The highest BCUT2D eigenvalue weighted by Crippen LogP contribution is 2.50. The molecular formula is C17H27N3O3. The summed E-state index contributed by atoms with van der Waals surface area (Å²) in [6.45, 7) is 4.89. The van der Waals surface area contributed by atoms with Gasteiger partial charge in [0, 0.05) is 38.4 Å². The first kappa shape index (κ1) is 16.5. The molecule has 1 aromatic rings. The maximum atomic E-state index is 12.6. The summed E-state index contributed by atoms with van der Waals surface area (Å²) >= 11 is 0. The van der Waals surface area contributed by atoms with E-state index in [2.05, 4.69) is 5.10 Å². The molecule has 2 heterocycles. The molecule has 1 aliphatic heterocycles. The van der Waals surface area contributed by atoms with Gasteiger partial charge in [-0.1, -0.05) is 0 Å². The number of aryl methyl sites for hydroxylation is 2. The van der Waals surface area contributed by atoms with Crippen molar-refractivity contribution in [2.45, 2.75) is 38.7 Å². The minimum atomic E-state index is 0.0553. The van der Waals surface area contributed by atoms with Crippen LogP contribution in [0.4, 0.5) is 0 Å². The van der Waals surface area contributed by atoms with Gasteiger partial charge in [-0.3, -0.25) is 9.48 Å². The maximum absolute atomic E-state index is 12.6. The Morgan fingerprint density at radius 3 is 2.61 bits per heavy atom. The number of aromatic nitrogens is 2.